The average Bonchev–Trinajstić information content (AvgIpc) is 2.86. The fourth-order valence-electron chi connectivity index (χ4n) is 3.56. The van der Waals surface area contributed by atoms with Crippen LogP contribution in [0.1, 0.15) is 28.8 Å². The number of nitrogens with one attached hydrogen (secondary N) is 1. The van der Waals surface area contributed by atoms with Crippen LogP contribution in [0.4, 0.5) is 0 Å². The molecule has 21 heavy (non-hydrogen) atoms. The summed E-state index contributed by atoms with van der Waals surface area (Å²) < 4.78 is 5.33. The van der Waals surface area contributed by atoms with Gasteiger partial charge in [-0.25, -0.2) is 0 Å². The number of benzene rings is 1. The molecule has 4 nitrogen and oxygen atoms in total. The van der Waals surface area contributed by atoms with Crippen LogP contribution in [0.2, 0.25) is 0 Å². The fourth-order valence-corrected chi connectivity index (χ4v) is 3.56. The van der Waals surface area contributed by atoms with Crippen molar-refractivity contribution in [2.24, 2.45) is 11.8 Å². The lowest BCUT2D eigenvalue weighted by atomic mass is 9.92. The zero-order valence-corrected chi connectivity index (χ0v) is 12.9. The summed E-state index contributed by atoms with van der Waals surface area (Å²) in [5.41, 5.74) is 1.80. The topological polar surface area (TPSA) is 41.6 Å². The third-order valence-corrected chi connectivity index (χ3v) is 4.96. The molecule has 0 unspecified atom stereocenters. The number of methoxy groups -OCH3 is 1. The van der Waals surface area contributed by atoms with Gasteiger partial charge in [0.2, 0.25) is 0 Å². The molecule has 0 radical (unpaired) electrons. The zero-order chi connectivity index (χ0) is 14.8. The van der Waals surface area contributed by atoms with Crippen LogP contribution in [0.15, 0.2) is 18.2 Å². The van der Waals surface area contributed by atoms with E-state index in [0.717, 1.165) is 67.7 Å². The number of rotatable bonds is 2. The Morgan fingerprint density at radius 2 is 1.90 bits per heavy atom. The molecule has 0 aromatic heterocycles. The summed E-state index contributed by atoms with van der Waals surface area (Å²) >= 11 is 0. The van der Waals surface area contributed by atoms with Gasteiger partial charge in [0.15, 0.2) is 0 Å². The number of hydrogen-bond acceptors (Lipinski definition) is 3. The van der Waals surface area contributed by atoms with Crippen LogP contribution in [0.25, 0.3) is 0 Å². The van der Waals surface area contributed by atoms with Crippen molar-refractivity contribution in [1.82, 2.24) is 10.2 Å². The van der Waals surface area contributed by atoms with Gasteiger partial charge in [-0.1, -0.05) is 6.07 Å². The van der Waals surface area contributed by atoms with Crippen molar-refractivity contribution in [2.45, 2.75) is 19.8 Å². The minimum absolute atomic E-state index is 0.140. The van der Waals surface area contributed by atoms with Crippen molar-refractivity contribution in [3.63, 3.8) is 0 Å². The molecule has 114 valence electrons. The van der Waals surface area contributed by atoms with Crippen LogP contribution < -0.4 is 10.1 Å². The van der Waals surface area contributed by atoms with Crippen LogP contribution in [-0.2, 0) is 0 Å². The highest BCUT2D eigenvalue weighted by Crippen LogP contribution is 2.28. The number of amides is 1. The van der Waals surface area contributed by atoms with Crippen LogP contribution >= 0.6 is 0 Å². The quantitative estimate of drug-likeness (QED) is 0.906. The summed E-state index contributed by atoms with van der Waals surface area (Å²) in [7, 11) is 1.65. The fraction of sp³-hybridized carbons (Fsp3) is 0.588. The molecule has 3 rings (SSSR count). The molecule has 1 aromatic rings. The van der Waals surface area contributed by atoms with Gasteiger partial charge in [0.1, 0.15) is 5.75 Å². The van der Waals surface area contributed by atoms with Crippen molar-refractivity contribution < 1.29 is 9.53 Å². The molecule has 2 aliphatic rings. The molecule has 2 atom stereocenters. The molecule has 0 spiro atoms. The number of hydrogen-bond donors (Lipinski definition) is 1. The first-order valence-corrected chi connectivity index (χ1v) is 7.83. The largest absolute Gasteiger partial charge is 0.496 e. The standard InChI is InChI=1S/C17H24N2O2/c1-12-3-4-13(9-16(12)21-2)17(20)19-7-5-14-10-18-11-15(14)6-8-19/h3-4,9,14-15,18H,5-8,10-11H2,1-2H3/t14-,15+. The maximum atomic E-state index is 12.7. The summed E-state index contributed by atoms with van der Waals surface area (Å²) in [5, 5.41) is 3.47. The number of aryl methyl sites for hydroxylation is 1. The van der Waals surface area contributed by atoms with Gasteiger partial charge in [0.25, 0.3) is 5.91 Å². The van der Waals surface area contributed by atoms with E-state index in [4.69, 9.17) is 4.74 Å². The maximum absolute atomic E-state index is 12.7. The molecule has 0 aliphatic carbocycles. The maximum Gasteiger partial charge on any atom is 0.253 e. The summed E-state index contributed by atoms with van der Waals surface area (Å²) in [6.07, 6.45) is 2.23. The number of fused-ring (bicyclic) bond motifs is 1. The molecule has 2 fully saturated rings. The van der Waals surface area contributed by atoms with E-state index in [0.29, 0.717) is 0 Å². The average molecular weight is 288 g/mol. The molecule has 1 N–H and O–H groups in total. The van der Waals surface area contributed by atoms with Crippen molar-refractivity contribution >= 4 is 5.91 Å². The van der Waals surface area contributed by atoms with Gasteiger partial charge in [-0.3, -0.25) is 4.79 Å². The molecule has 0 saturated carbocycles. The number of ether oxygens (including phenoxy) is 1. The summed E-state index contributed by atoms with van der Waals surface area (Å²) in [4.78, 5) is 14.7. The summed E-state index contributed by atoms with van der Waals surface area (Å²) in [6, 6.07) is 5.74. The number of carbonyl (C=O) groups is 1. The van der Waals surface area contributed by atoms with Gasteiger partial charge in [-0.05, 0) is 62.4 Å². The molecule has 2 saturated heterocycles. The highest BCUT2D eigenvalue weighted by Gasteiger charge is 2.31. The van der Waals surface area contributed by atoms with Crippen LogP contribution in [0.5, 0.6) is 5.75 Å². The monoisotopic (exact) mass is 288 g/mol. The van der Waals surface area contributed by atoms with E-state index in [1.165, 1.54) is 0 Å². The van der Waals surface area contributed by atoms with Gasteiger partial charge < -0.3 is 15.0 Å². The predicted octanol–water partition coefficient (Wildman–Crippen LogP) is 2.08. The normalized spacial score (nSPS) is 25.3. The van der Waals surface area contributed by atoms with Gasteiger partial charge in [-0.2, -0.15) is 0 Å². The Hall–Kier alpha value is -1.55. The van der Waals surface area contributed by atoms with Crippen LogP contribution in [-0.4, -0.2) is 44.1 Å². The first-order valence-electron chi connectivity index (χ1n) is 7.83. The van der Waals surface area contributed by atoms with E-state index in [-0.39, 0.29) is 5.91 Å². The molecule has 2 heterocycles. The highest BCUT2D eigenvalue weighted by atomic mass is 16.5. The first kappa shape index (κ1) is 14.4. The van der Waals surface area contributed by atoms with Crippen molar-refractivity contribution in [1.29, 1.82) is 0 Å². The van der Waals surface area contributed by atoms with Crippen molar-refractivity contribution in [3.8, 4) is 5.75 Å². The zero-order valence-electron chi connectivity index (χ0n) is 12.9. The van der Waals surface area contributed by atoms with E-state index in [1.54, 1.807) is 7.11 Å². The Labute approximate surface area is 126 Å². The lowest BCUT2D eigenvalue weighted by molar-refractivity contribution is 0.0758. The lowest BCUT2D eigenvalue weighted by Gasteiger charge is -2.21. The number of carbonyl (C=O) groups excluding carboxylic acids is 1. The summed E-state index contributed by atoms with van der Waals surface area (Å²) in [5.74, 6) is 2.42. The van der Waals surface area contributed by atoms with Gasteiger partial charge >= 0.3 is 0 Å². The molecule has 2 aliphatic heterocycles. The van der Waals surface area contributed by atoms with Gasteiger partial charge in [0.05, 0.1) is 7.11 Å². The first-order chi connectivity index (χ1) is 10.2. The van der Waals surface area contributed by atoms with Crippen molar-refractivity contribution in [3.05, 3.63) is 29.3 Å². The molecular formula is C17H24N2O2. The Kier molecular flexibility index (Phi) is 4.15. The Balaban J connectivity index is 1.73. The number of likely N-dealkylation sites (tertiary alicyclic amines) is 1. The molecule has 4 heteroatoms. The van der Waals surface area contributed by atoms with Gasteiger partial charge in [-0.15, -0.1) is 0 Å². The van der Waals surface area contributed by atoms with E-state index in [2.05, 4.69) is 5.32 Å². The SMILES string of the molecule is COc1cc(C(=O)N2CC[C@@H]3CNC[C@@H]3CC2)ccc1C. The highest BCUT2D eigenvalue weighted by molar-refractivity contribution is 5.94. The molecule has 0 bridgehead atoms. The molecule has 1 aromatic carbocycles. The minimum atomic E-state index is 0.140. The second-order valence-electron chi connectivity index (χ2n) is 6.23. The van der Waals surface area contributed by atoms with E-state index in [9.17, 15) is 4.79 Å². The number of nitrogens with zero attached hydrogens (tertiary/aromatic N) is 1. The minimum Gasteiger partial charge on any atom is -0.496 e. The molecular weight excluding hydrogens is 264 g/mol. The Morgan fingerprint density at radius 1 is 1.24 bits per heavy atom. The third kappa shape index (κ3) is 2.91. The smallest absolute Gasteiger partial charge is 0.253 e. The van der Waals surface area contributed by atoms with E-state index < -0.39 is 0 Å². The van der Waals surface area contributed by atoms with Crippen LogP contribution in [0.3, 0.4) is 0 Å². The lowest BCUT2D eigenvalue weighted by Crippen LogP contribution is -2.32. The second kappa shape index (κ2) is 6.06. The summed E-state index contributed by atoms with van der Waals surface area (Å²) in [6.45, 7) is 5.97. The van der Waals surface area contributed by atoms with Crippen molar-refractivity contribution in [2.75, 3.05) is 33.3 Å². The molecule has 1 amide bonds. The van der Waals surface area contributed by atoms with Gasteiger partial charge in [0, 0.05) is 18.7 Å². The van der Waals surface area contributed by atoms with E-state index >= 15 is 0 Å². The van der Waals surface area contributed by atoms with Crippen LogP contribution in [0, 0.1) is 18.8 Å². The third-order valence-electron chi connectivity index (χ3n) is 4.96. The van der Waals surface area contributed by atoms with E-state index in [1.807, 2.05) is 30.0 Å². The Bertz CT molecular complexity index is 516. The predicted molar refractivity (Wildman–Crippen MR) is 82.7 cm³/mol. The Morgan fingerprint density at radius 3 is 2.52 bits per heavy atom. The second-order valence-corrected chi connectivity index (χ2v) is 6.23.